The summed E-state index contributed by atoms with van der Waals surface area (Å²) in [6, 6.07) is 12.0. The topological polar surface area (TPSA) is 44.8 Å². The molecule has 4 heteroatoms. The predicted molar refractivity (Wildman–Crippen MR) is 133 cm³/mol. The highest BCUT2D eigenvalue weighted by Gasteiger charge is 2.38. The molecule has 174 valence electrons. The minimum absolute atomic E-state index is 0.192. The van der Waals surface area contributed by atoms with E-state index < -0.39 is 0 Å². The standard InChI is InChI=1S/C29H34O4/c1-8-13-29(6)16-25-20(5)26(17(2)18(3)27(25)33-29)32-28(30)19(4)21-9-10-23-15-24(31-7)12-11-22(23)14-21/h9-12,14-15,19H,8,13,16H2,1-7H3. The Kier molecular flexibility index (Phi) is 6.13. The lowest BCUT2D eigenvalue weighted by molar-refractivity contribution is -0.135. The van der Waals surface area contributed by atoms with Crippen molar-refractivity contribution in [3.05, 3.63) is 64.2 Å². The Morgan fingerprint density at radius 1 is 1.06 bits per heavy atom. The zero-order valence-corrected chi connectivity index (χ0v) is 20.8. The molecule has 1 aliphatic rings. The smallest absolute Gasteiger partial charge is 0.318 e. The van der Waals surface area contributed by atoms with Crippen LogP contribution in [0.4, 0.5) is 0 Å². The second kappa shape index (κ2) is 8.74. The third-order valence-corrected chi connectivity index (χ3v) is 7.12. The van der Waals surface area contributed by atoms with Gasteiger partial charge in [0.1, 0.15) is 22.8 Å². The fraction of sp³-hybridized carbons (Fsp3) is 0.414. The van der Waals surface area contributed by atoms with E-state index >= 15 is 0 Å². The maximum absolute atomic E-state index is 13.2. The molecular weight excluding hydrogens is 412 g/mol. The van der Waals surface area contributed by atoms with Gasteiger partial charge in [-0.2, -0.15) is 0 Å². The number of fused-ring (bicyclic) bond motifs is 2. The van der Waals surface area contributed by atoms with Crippen LogP contribution in [0.1, 0.15) is 67.3 Å². The Bertz CT molecular complexity index is 1230. The van der Waals surface area contributed by atoms with E-state index in [0.717, 1.165) is 63.8 Å². The van der Waals surface area contributed by atoms with Crippen molar-refractivity contribution in [2.45, 2.75) is 72.3 Å². The average molecular weight is 447 g/mol. The number of hydrogen-bond acceptors (Lipinski definition) is 4. The van der Waals surface area contributed by atoms with Gasteiger partial charge in [-0.05, 0) is 86.2 Å². The van der Waals surface area contributed by atoms with E-state index in [1.54, 1.807) is 7.11 Å². The molecule has 1 aliphatic heterocycles. The summed E-state index contributed by atoms with van der Waals surface area (Å²) in [5.74, 6) is 1.84. The molecule has 33 heavy (non-hydrogen) atoms. The number of benzene rings is 3. The van der Waals surface area contributed by atoms with Crippen molar-refractivity contribution < 1.29 is 19.0 Å². The van der Waals surface area contributed by atoms with Crippen LogP contribution < -0.4 is 14.2 Å². The number of hydrogen-bond donors (Lipinski definition) is 0. The van der Waals surface area contributed by atoms with E-state index in [4.69, 9.17) is 14.2 Å². The van der Waals surface area contributed by atoms with Crippen molar-refractivity contribution in [2.75, 3.05) is 7.11 Å². The molecule has 0 saturated heterocycles. The van der Waals surface area contributed by atoms with Crippen molar-refractivity contribution in [3.8, 4) is 17.2 Å². The van der Waals surface area contributed by atoms with Crippen LogP contribution in [-0.4, -0.2) is 18.7 Å². The largest absolute Gasteiger partial charge is 0.497 e. The minimum Gasteiger partial charge on any atom is -0.497 e. The lowest BCUT2D eigenvalue weighted by atomic mass is 9.90. The minimum atomic E-state index is -0.384. The SMILES string of the molecule is CCCC1(C)Cc2c(C)c(OC(=O)C(C)c3ccc4cc(OC)ccc4c3)c(C)c(C)c2O1. The van der Waals surface area contributed by atoms with Crippen LogP contribution in [0.3, 0.4) is 0 Å². The Hall–Kier alpha value is -3.01. The fourth-order valence-corrected chi connectivity index (χ4v) is 4.95. The third kappa shape index (κ3) is 4.19. The molecule has 0 spiro atoms. The van der Waals surface area contributed by atoms with Crippen LogP contribution in [0.5, 0.6) is 17.2 Å². The molecule has 0 radical (unpaired) electrons. The average Bonchev–Trinajstić information content (AvgIpc) is 3.17. The first-order chi connectivity index (χ1) is 15.7. The van der Waals surface area contributed by atoms with E-state index in [1.807, 2.05) is 51.1 Å². The summed E-state index contributed by atoms with van der Waals surface area (Å²) < 4.78 is 17.8. The number of rotatable bonds is 6. The maximum Gasteiger partial charge on any atom is 0.318 e. The number of carbonyl (C=O) groups is 1. The second-order valence-corrected chi connectivity index (χ2v) is 9.61. The number of ether oxygens (including phenoxy) is 3. The van der Waals surface area contributed by atoms with Gasteiger partial charge in [-0.1, -0.05) is 37.6 Å². The van der Waals surface area contributed by atoms with Crippen LogP contribution in [0.25, 0.3) is 10.8 Å². The molecule has 3 aromatic rings. The second-order valence-electron chi connectivity index (χ2n) is 9.61. The monoisotopic (exact) mass is 446 g/mol. The molecule has 0 bridgehead atoms. The van der Waals surface area contributed by atoms with Gasteiger partial charge in [0.2, 0.25) is 0 Å². The summed E-state index contributed by atoms with van der Waals surface area (Å²) in [5.41, 5.74) is 4.96. The molecule has 3 aromatic carbocycles. The van der Waals surface area contributed by atoms with Gasteiger partial charge in [-0.3, -0.25) is 4.79 Å². The molecule has 0 amide bonds. The molecule has 1 heterocycles. The highest BCUT2D eigenvalue weighted by atomic mass is 16.5. The number of carbonyl (C=O) groups excluding carboxylic acids is 1. The summed E-state index contributed by atoms with van der Waals surface area (Å²) in [5, 5.41) is 2.15. The van der Waals surface area contributed by atoms with Crippen LogP contribution >= 0.6 is 0 Å². The zero-order chi connectivity index (χ0) is 23.9. The van der Waals surface area contributed by atoms with Gasteiger partial charge in [0.15, 0.2) is 0 Å². The summed E-state index contributed by atoms with van der Waals surface area (Å²) in [6.07, 6.45) is 2.91. The molecule has 0 N–H and O–H groups in total. The molecule has 4 rings (SSSR count). The van der Waals surface area contributed by atoms with Gasteiger partial charge in [-0.25, -0.2) is 0 Å². The Balaban J connectivity index is 1.61. The highest BCUT2D eigenvalue weighted by Crippen LogP contribution is 2.46. The lowest BCUT2D eigenvalue weighted by Gasteiger charge is -2.23. The summed E-state index contributed by atoms with van der Waals surface area (Å²) >= 11 is 0. The first-order valence-electron chi connectivity index (χ1n) is 11.8. The van der Waals surface area contributed by atoms with Crippen molar-refractivity contribution in [1.82, 2.24) is 0 Å². The fourth-order valence-electron chi connectivity index (χ4n) is 4.95. The lowest BCUT2D eigenvalue weighted by Crippen LogP contribution is -2.29. The Morgan fingerprint density at radius 3 is 2.45 bits per heavy atom. The molecule has 2 unspecified atom stereocenters. The molecule has 2 atom stereocenters. The summed E-state index contributed by atoms with van der Waals surface area (Å²) in [6.45, 7) is 12.4. The first-order valence-corrected chi connectivity index (χ1v) is 11.8. The molecule has 0 aromatic heterocycles. The van der Waals surface area contributed by atoms with E-state index in [-0.39, 0.29) is 17.5 Å². The van der Waals surface area contributed by atoms with Gasteiger partial charge in [0.25, 0.3) is 0 Å². The van der Waals surface area contributed by atoms with Crippen LogP contribution in [0.2, 0.25) is 0 Å². The van der Waals surface area contributed by atoms with Gasteiger partial charge < -0.3 is 14.2 Å². The predicted octanol–water partition coefficient (Wildman–Crippen LogP) is 6.98. The summed E-state index contributed by atoms with van der Waals surface area (Å²) in [7, 11) is 1.66. The van der Waals surface area contributed by atoms with E-state index in [2.05, 4.69) is 26.8 Å². The Labute approximate surface area is 196 Å². The molecule has 0 aliphatic carbocycles. The maximum atomic E-state index is 13.2. The first kappa shape index (κ1) is 23.2. The van der Waals surface area contributed by atoms with E-state index in [9.17, 15) is 4.79 Å². The van der Waals surface area contributed by atoms with Crippen LogP contribution in [0.15, 0.2) is 36.4 Å². The van der Waals surface area contributed by atoms with E-state index in [0.29, 0.717) is 5.75 Å². The third-order valence-electron chi connectivity index (χ3n) is 7.12. The van der Waals surface area contributed by atoms with Crippen molar-refractivity contribution in [2.24, 2.45) is 0 Å². The quantitative estimate of drug-likeness (QED) is 0.303. The normalized spacial score (nSPS) is 18.0. The van der Waals surface area contributed by atoms with Crippen LogP contribution in [-0.2, 0) is 11.2 Å². The van der Waals surface area contributed by atoms with Crippen LogP contribution in [0, 0.1) is 20.8 Å². The molecular formula is C29H34O4. The van der Waals surface area contributed by atoms with Gasteiger partial charge in [-0.15, -0.1) is 0 Å². The van der Waals surface area contributed by atoms with Gasteiger partial charge in [0, 0.05) is 12.0 Å². The van der Waals surface area contributed by atoms with E-state index in [1.165, 1.54) is 5.56 Å². The van der Waals surface area contributed by atoms with Gasteiger partial charge in [0.05, 0.1) is 13.0 Å². The van der Waals surface area contributed by atoms with Crippen molar-refractivity contribution >= 4 is 16.7 Å². The Morgan fingerprint density at radius 2 is 1.76 bits per heavy atom. The molecule has 0 fully saturated rings. The molecule has 4 nitrogen and oxygen atoms in total. The number of esters is 1. The highest BCUT2D eigenvalue weighted by molar-refractivity contribution is 5.87. The number of methoxy groups -OCH3 is 1. The van der Waals surface area contributed by atoms with Gasteiger partial charge >= 0.3 is 5.97 Å². The van der Waals surface area contributed by atoms with Crippen molar-refractivity contribution in [3.63, 3.8) is 0 Å². The zero-order valence-electron chi connectivity index (χ0n) is 20.8. The molecule has 0 saturated carbocycles. The van der Waals surface area contributed by atoms with Crippen molar-refractivity contribution in [1.29, 1.82) is 0 Å². The summed E-state index contributed by atoms with van der Waals surface area (Å²) in [4.78, 5) is 13.2.